The second kappa shape index (κ2) is 10.4. The summed E-state index contributed by atoms with van der Waals surface area (Å²) < 4.78 is 5.24. The van der Waals surface area contributed by atoms with E-state index >= 15 is 0 Å². The number of carboxylic acids is 1. The lowest BCUT2D eigenvalue weighted by molar-refractivity contribution is -0.384. The molecule has 0 saturated heterocycles. The van der Waals surface area contributed by atoms with E-state index in [9.17, 15) is 19.7 Å². The molecule has 0 bridgehead atoms. The topological polar surface area (TPSA) is 133 Å². The molecule has 1 atom stereocenters. The van der Waals surface area contributed by atoms with Crippen LogP contribution < -0.4 is 5.73 Å². The zero-order valence-electron chi connectivity index (χ0n) is 16.2. The molecule has 0 heterocycles. The minimum absolute atomic E-state index is 0.0422. The fourth-order valence-electron chi connectivity index (χ4n) is 1.84. The van der Waals surface area contributed by atoms with Gasteiger partial charge in [0.05, 0.1) is 10.5 Å². The number of carboxylic acid groups (broad SMARTS) is 1. The van der Waals surface area contributed by atoms with E-state index in [1.807, 2.05) is 26.8 Å². The summed E-state index contributed by atoms with van der Waals surface area (Å²) in [5.74, 6) is -1.43. The van der Waals surface area contributed by atoms with Gasteiger partial charge in [0, 0.05) is 12.1 Å². The Bertz CT molecular complexity index is 627. The van der Waals surface area contributed by atoms with Crippen molar-refractivity contribution in [1.82, 2.24) is 0 Å². The zero-order chi connectivity index (χ0) is 21.3. The first-order chi connectivity index (χ1) is 12.3. The molecule has 27 heavy (non-hydrogen) atoms. The van der Waals surface area contributed by atoms with Crippen molar-refractivity contribution in [1.29, 1.82) is 0 Å². The fourth-order valence-corrected chi connectivity index (χ4v) is 1.84. The van der Waals surface area contributed by atoms with E-state index in [1.165, 1.54) is 12.1 Å². The number of unbranched alkanes of at least 4 members (excludes halogenated alkanes) is 1. The number of nitro groups is 1. The quantitative estimate of drug-likeness (QED) is 0.242. The van der Waals surface area contributed by atoms with Crippen LogP contribution in [0.2, 0.25) is 0 Å². The maximum Gasteiger partial charge on any atom is 0.335 e. The number of aromatic carboxylic acids is 1. The summed E-state index contributed by atoms with van der Waals surface area (Å²) in [6.45, 7) is 10.9. The maximum atomic E-state index is 11.7. The Balaban J connectivity index is 0.000000511. The number of nitrogens with two attached hydrogens (primary N) is 1. The monoisotopic (exact) mass is 380 g/mol. The van der Waals surface area contributed by atoms with Crippen LogP contribution >= 0.6 is 0 Å². The van der Waals surface area contributed by atoms with Crippen LogP contribution in [0, 0.1) is 10.1 Å². The Kier molecular flexibility index (Phi) is 9.36. The van der Waals surface area contributed by atoms with Crippen molar-refractivity contribution in [2.24, 2.45) is 5.73 Å². The van der Waals surface area contributed by atoms with Crippen LogP contribution in [0.5, 0.6) is 0 Å². The van der Waals surface area contributed by atoms with E-state index in [2.05, 4.69) is 6.58 Å². The number of benzene rings is 1. The Morgan fingerprint density at radius 2 is 1.78 bits per heavy atom. The van der Waals surface area contributed by atoms with Crippen LogP contribution in [0.15, 0.2) is 36.9 Å². The number of nitrogens with zero attached hydrogens (tertiary/aromatic N) is 1. The lowest BCUT2D eigenvalue weighted by Gasteiger charge is -2.28. The van der Waals surface area contributed by atoms with E-state index in [1.54, 1.807) is 6.92 Å². The molecule has 1 aromatic rings. The zero-order valence-corrected chi connectivity index (χ0v) is 16.2. The number of carbonyl (C=O) groups excluding carboxylic acids is 1. The number of ether oxygens (including phenoxy) is 1. The Morgan fingerprint density at radius 1 is 1.26 bits per heavy atom. The standard InChI is InChI=1S/C12H23NO2.C7H5NO4/c1-6-7-8-9-12(5,13)10(14)15-11(2,3)4;9-7(10)5-1-3-6(4-2-5)8(11)12/h6H,1,7-9,13H2,2-5H3;1-4H,(H,9,10)/t12-;/m1./s1. The van der Waals surface area contributed by atoms with Gasteiger partial charge < -0.3 is 15.6 Å². The molecule has 3 N–H and O–H groups in total. The van der Waals surface area contributed by atoms with Crippen molar-refractivity contribution < 1.29 is 24.4 Å². The number of allylic oxidation sites excluding steroid dienone is 1. The SMILES string of the molecule is C=CCCC[C@@](C)(N)C(=O)OC(C)(C)C.O=C(O)c1ccc([N+](=O)[O-])cc1. The molecule has 0 aliphatic heterocycles. The van der Waals surface area contributed by atoms with Gasteiger partial charge in [-0.3, -0.25) is 14.9 Å². The van der Waals surface area contributed by atoms with Crippen molar-refractivity contribution in [3.05, 3.63) is 52.6 Å². The number of hydrogen-bond acceptors (Lipinski definition) is 6. The normalized spacial score (nSPS) is 12.8. The molecular weight excluding hydrogens is 352 g/mol. The number of carbonyl (C=O) groups is 2. The molecule has 8 nitrogen and oxygen atoms in total. The summed E-state index contributed by atoms with van der Waals surface area (Å²) in [4.78, 5) is 31.6. The molecule has 0 unspecified atom stereocenters. The number of non-ortho nitro benzene ring substituents is 1. The first kappa shape index (κ1) is 24.3. The molecule has 1 aromatic carbocycles. The van der Waals surface area contributed by atoms with Crippen LogP contribution in [0.25, 0.3) is 0 Å². The smallest absolute Gasteiger partial charge is 0.335 e. The van der Waals surface area contributed by atoms with E-state index in [0.717, 1.165) is 25.0 Å². The van der Waals surface area contributed by atoms with Crippen LogP contribution in [-0.2, 0) is 9.53 Å². The van der Waals surface area contributed by atoms with Crippen LogP contribution in [0.4, 0.5) is 5.69 Å². The van der Waals surface area contributed by atoms with Gasteiger partial charge in [0.1, 0.15) is 11.1 Å². The Hall–Kier alpha value is -2.74. The fraction of sp³-hybridized carbons (Fsp3) is 0.474. The molecule has 0 aromatic heterocycles. The summed E-state index contributed by atoms with van der Waals surface area (Å²) in [5.41, 5.74) is 4.46. The first-order valence-electron chi connectivity index (χ1n) is 8.41. The first-order valence-corrected chi connectivity index (χ1v) is 8.41. The van der Waals surface area contributed by atoms with Gasteiger partial charge in [-0.15, -0.1) is 6.58 Å². The lowest BCUT2D eigenvalue weighted by atomic mass is 9.96. The number of hydrogen-bond donors (Lipinski definition) is 2. The average molecular weight is 380 g/mol. The predicted molar refractivity (Wildman–Crippen MR) is 103 cm³/mol. The van der Waals surface area contributed by atoms with Gasteiger partial charge in [0.25, 0.3) is 5.69 Å². The van der Waals surface area contributed by atoms with Crippen LogP contribution in [0.3, 0.4) is 0 Å². The summed E-state index contributed by atoms with van der Waals surface area (Å²) in [6, 6.07) is 4.70. The Labute approximate surface area is 159 Å². The highest BCUT2D eigenvalue weighted by atomic mass is 16.6. The van der Waals surface area contributed by atoms with Gasteiger partial charge in [-0.25, -0.2) is 4.79 Å². The number of nitro benzene ring substituents is 1. The van der Waals surface area contributed by atoms with Crippen molar-refractivity contribution in [3.63, 3.8) is 0 Å². The molecular formula is C19H28N2O6. The van der Waals surface area contributed by atoms with E-state index in [4.69, 9.17) is 15.6 Å². The second-order valence-corrected chi connectivity index (χ2v) is 7.21. The van der Waals surface area contributed by atoms with Crippen molar-refractivity contribution >= 4 is 17.6 Å². The van der Waals surface area contributed by atoms with Gasteiger partial charge >= 0.3 is 11.9 Å². The Morgan fingerprint density at radius 3 is 2.15 bits per heavy atom. The van der Waals surface area contributed by atoms with Crippen molar-refractivity contribution in [2.45, 2.75) is 58.1 Å². The highest BCUT2D eigenvalue weighted by molar-refractivity contribution is 5.87. The summed E-state index contributed by atoms with van der Waals surface area (Å²) in [6.07, 6.45) is 4.17. The molecule has 0 aliphatic rings. The minimum Gasteiger partial charge on any atom is -0.478 e. The molecule has 0 spiro atoms. The molecule has 8 heteroatoms. The third kappa shape index (κ3) is 10.1. The van der Waals surface area contributed by atoms with Gasteiger partial charge in [-0.05, 0) is 59.1 Å². The maximum absolute atomic E-state index is 11.7. The van der Waals surface area contributed by atoms with Crippen LogP contribution in [-0.4, -0.2) is 33.1 Å². The highest BCUT2D eigenvalue weighted by Crippen LogP contribution is 2.17. The highest BCUT2D eigenvalue weighted by Gasteiger charge is 2.32. The summed E-state index contributed by atoms with van der Waals surface area (Å²) >= 11 is 0. The van der Waals surface area contributed by atoms with E-state index < -0.39 is 22.0 Å². The minimum atomic E-state index is -1.09. The molecule has 0 amide bonds. The predicted octanol–water partition coefficient (Wildman–Crippen LogP) is 3.69. The van der Waals surface area contributed by atoms with Gasteiger partial charge in [0.2, 0.25) is 0 Å². The number of rotatable bonds is 7. The van der Waals surface area contributed by atoms with Crippen molar-refractivity contribution in [2.75, 3.05) is 0 Å². The third-order valence-electron chi connectivity index (χ3n) is 3.29. The van der Waals surface area contributed by atoms with E-state index in [0.29, 0.717) is 6.42 Å². The second-order valence-electron chi connectivity index (χ2n) is 7.21. The molecule has 0 aliphatic carbocycles. The molecule has 1 rings (SSSR count). The molecule has 150 valence electrons. The van der Waals surface area contributed by atoms with Crippen LogP contribution in [0.1, 0.15) is 57.3 Å². The lowest BCUT2D eigenvalue weighted by Crippen LogP contribution is -2.48. The summed E-state index contributed by atoms with van der Waals surface area (Å²) in [5, 5.41) is 18.6. The van der Waals surface area contributed by atoms with E-state index in [-0.39, 0.29) is 17.2 Å². The van der Waals surface area contributed by atoms with Gasteiger partial charge in [-0.2, -0.15) is 0 Å². The molecule has 0 fully saturated rings. The largest absolute Gasteiger partial charge is 0.478 e. The van der Waals surface area contributed by atoms with Gasteiger partial charge in [-0.1, -0.05) is 6.08 Å². The molecule has 0 radical (unpaired) electrons. The van der Waals surface area contributed by atoms with Gasteiger partial charge in [0.15, 0.2) is 0 Å². The average Bonchev–Trinajstić information content (AvgIpc) is 2.54. The summed E-state index contributed by atoms with van der Waals surface area (Å²) in [7, 11) is 0. The number of esters is 1. The van der Waals surface area contributed by atoms with Crippen molar-refractivity contribution in [3.8, 4) is 0 Å². The third-order valence-corrected chi connectivity index (χ3v) is 3.29. The molecule has 0 saturated carbocycles.